The maximum absolute atomic E-state index is 13.0. The number of carbonyl (C=O) groups is 2. The van der Waals surface area contributed by atoms with Crippen LogP contribution in [0.2, 0.25) is 0 Å². The van der Waals surface area contributed by atoms with Gasteiger partial charge in [0.2, 0.25) is 5.89 Å². The molecule has 0 saturated heterocycles. The van der Waals surface area contributed by atoms with Crippen LogP contribution in [-0.4, -0.2) is 39.3 Å². The molecular formula is C21H15F2N5O7. The smallest absolute Gasteiger partial charge is 0.387 e. The molecule has 1 aromatic heterocycles. The van der Waals surface area contributed by atoms with Gasteiger partial charge in [-0.2, -0.15) is 18.9 Å². The number of hydrogen-bond acceptors (Lipinski definition) is 10. The van der Waals surface area contributed by atoms with Crippen LogP contribution < -0.4 is 14.5 Å². The van der Waals surface area contributed by atoms with Crippen molar-refractivity contribution in [3.8, 4) is 23.0 Å². The highest BCUT2D eigenvalue weighted by molar-refractivity contribution is 6.25. The Hall–Kier alpha value is -4.75. The van der Waals surface area contributed by atoms with Crippen LogP contribution in [0, 0.1) is 23.0 Å². The Balaban J connectivity index is 1.59. The minimum Gasteiger partial charge on any atom is -0.434 e. The number of benzene rings is 2. The number of ether oxygens (including phenoxy) is 2. The summed E-state index contributed by atoms with van der Waals surface area (Å²) in [5, 5.41) is 23.2. The number of nitro benzene ring substituents is 1. The van der Waals surface area contributed by atoms with Gasteiger partial charge in [-0.3, -0.25) is 19.7 Å². The van der Waals surface area contributed by atoms with E-state index in [1.807, 2.05) is 0 Å². The molecule has 3 aromatic rings. The van der Waals surface area contributed by atoms with E-state index in [9.17, 15) is 28.5 Å². The molecule has 0 fully saturated rings. The first-order valence-electron chi connectivity index (χ1n) is 9.88. The predicted octanol–water partition coefficient (Wildman–Crippen LogP) is 3.50. The number of hydrazone groups is 1. The standard InChI is InChI=1S/C21H15F2N5O7/c1-10-17(20(30)34-14-6-3-12(4-7-14)28(31)32)19(29)27(26-10)13-5-8-16(35-21(22)23)15(9-13)18-25-24-11(2)33-18/h3-9,17,21H,1-2H3. The number of halogens is 2. The topological polar surface area (TPSA) is 150 Å². The number of esters is 1. The lowest BCUT2D eigenvalue weighted by molar-refractivity contribution is -0.384. The monoisotopic (exact) mass is 487 g/mol. The van der Waals surface area contributed by atoms with E-state index in [0.29, 0.717) is 0 Å². The lowest BCUT2D eigenvalue weighted by Gasteiger charge is -2.16. The van der Waals surface area contributed by atoms with E-state index in [1.54, 1.807) is 0 Å². The molecule has 0 radical (unpaired) electrons. The average molecular weight is 487 g/mol. The zero-order valence-electron chi connectivity index (χ0n) is 18.0. The van der Waals surface area contributed by atoms with E-state index in [0.717, 1.165) is 17.1 Å². The highest BCUT2D eigenvalue weighted by Crippen LogP contribution is 2.36. The molecule has 180 valence electrons. The first-order chi connectivity index (χ1) is 16.6. The largest absolute Gasteiger partial charge is 0.434 e. The Kier molecular flexibility index (Phi) is 6.18. The van der Waals surface area contributed by atoms with Crippen molar-refractivity contribution in [2.75, 3.05) is 5.01 Å². The Morgan fingerprint density at radius 2 is 1.89 bits per heavy atom. The summed E-state index contributed by atoms with van der Waals surface area (Å²) in [7, 11) is 0. The maximum Gasteiger partial charge on any atom is 0.387 e. The van der Waals surface area contributed by atoms with Crippen molar-refractivity contribution in [3.05, 3.63) is 58.5 Å². The predicted molar refractivity (Wildman–Crippen MR) is 114 cm³/mol. The number of carbonyl (C=O) groups excluding carboxylic acids is 2. The summed E-state index contributed by atoms with van der Waals surface area (Å²) in [6.45, 7) is -0.181. The molecule has 0 saturated carbocycles. The van der Waals surface area contributed by atoms with E-state index in [-0.39, 0.29) is 45.9 Å². The first-order valence-corrected chi connectivity index (χ1v) is 9.88. The summed E-state index contributed by atoms with van der Waals surface area (Å²) in [4.78, 5) is 35.9. The van der Waals surface area contributed by atoms with Crippen LogP contribution in [-0.2, 0) is 9.59 Å². The molecule has 14 heteroatoms. The number of nitro groups is 1. The number of amides is 1. The molecule has 1 unspecified atom stereocenters. The van der Waals surface area contributed by atoms with Crippen molar-refractivity contribution >= 4 is 29.0 Å². The van der Waals surface area contributed by atoms with Gasteiger partial charge in [0, 0.05) is 19.1 Å². The fourth-order valence-corrected chi connectivity index (χ4v) is 3.25. The van der Waals surface area contributed by atoms with Gasteiger partial charge in [0.1, 0.15) is 11.5 Å². The number of hydrogen-bond donors (Lipinski definition) is 0. The van der Waals surface area contributed by atoms with Crippen LogP contribution in [0.4, 0.5) is 20.2 Å². The number of alkyl halides is 2. The molecule has 0 N–H and O–H groups in total. The molecule has 0 aliphatic carbocycles. The summed E-state index contributed by atoms with van der Waals surface area (Å²) < 4.78 is 40.7. The summed E-state index contributed by atoms with van der Waals surface area (Å²) in [5.41, 5.74) is 0.0237. The Labute approximate surface area is 194 Å². The number of nitrogens with zero attached hydrogens (tertiary/aromatic N) is 5. The zero-order valence-corrected chi connectivity index (χ0v) is 18.0. The molecule has 2 heterocycles. The quantitative estimate of drug-likeness (QED) is 0.160. The second kappa shape index (κ2) is 9.24. The number of aromatic nitrogens is 2. The molecule has 1 amide bonds. The van der Waals surface area contributed by atoms with Crippen LogP contribution in [0.5, 0.6) is 11.5 Å². The van der Waals surface area contributed by atoms with Crippen molar-refractivity contribution < 1.29 is 37.2 Å². The Morgan fingerprint density at radius 1 is 1.17 bits per heavy atom. The molecule has 2 aromatic carbocycles. The van der Waals surface area contributed by atoms with Crippen LogP contribution in [0.25, 0.3) is 11.5 Å². The van der Waals surface area contributed by atoms with Gasteiger partial charge < -0.3 is 13.9 Å². The third kappa shape index (κ3) is 4.80. The second-order valence-corrected chi connectivity index (χ2v) is 7.18. The summed E-state index contributed by atoms with van der Waals surface area (Å²) in [6.07, 6.45) is 0. The van der Waals surface area contributed by atoms with E-state index < -0.39 is 29.3 Å². The number of anilines is 1. The molecule has 1 aliphatic heterocycles. The van der Waals surface area contributed by atoms with E-state index >= 15 is 0 Å². The Morgan fingerprint density at radius 3 is 2.49 bits per heavy atom. The fourth-order valence-electron chi connectivity index (χ4n) is 3.25. The normalized spacial score (nSPS) is 15.3. The van der Waals surface area contributed by atoms with Crippen molar-refractivity contribution in [3.63, 3.8) is 0 Å². The highest BCUT2D eigenvalue weighted by atomic mass is 19.3. The first kappa shape index (κ1) is 23.4. The molecule has 1 aliphatic rings. The van der Waals surface area contributed by atoms with Gasteiger partial charge in [0.25, 0.3) is 17.5 Å². The second-order valence-electron chi connectivity index (χ2n) is 7.18. The van der Waals surface area contributed by atoms with Crippen LogP contribution in [0.3, 0.4) is 0 Å². The molecule has 4 rings (SSSR count). The van der Waals surface area contributed by atoms with E-state index in [1.165, 1.54) is 44.2 Å². The summed E-state index contributed by atoms with van der Waals surface area (Å²) in [5.74, 6) is -3.31. The van der Waals surface area contributed by atoms with Crippen LogP contribution >= 0.6 is 0 Å². The molecule has 0 spiro atoms. The molecule has 0 bridgehead atoms. The van der Waals surface area contributed by atoms with Crippen molar-refractivity contribution in [1.82, 2.24) is 10.2 Å². The van der Waals surface area contributed by atoms with E-state index in [4.69, 9.17) is 9.15 Å². The van der Waals surface area contributed by atoms with Crippen molar-refractivity contribution in [2.45, 2.75) is 20.5 Å². The minimum atomic E-state index is -3.13. The molecular weight excluding hydrogens is 472 g/mol. The number of non-ortho nitro benzene ring substituents is 1. The summed E-state index contributed by atoms with van der Waals surface area (Å²) >= 11 is 0. The summed E-state index contributed by atoms with van der Waals surface area (Å²) in [6, 6.07) is 8.50. The minimum absolute atomic E-state index is 0.00204. The molecule has 12 nitrogen and oxygen atoms in total. The van der Waals surface area contributed by atoms with Gasteiger partial charge in [-0.15, -0.1) is 10.2 Å². The maximum atomic E-state index is 13.0. The third-order valence-electron chi connectivity index (χ3n) is 4.81. The molecule has 35 heavy (non-hydrogen) atoms. The third-order valence-corrected chi connectivity index (χ3v) is 4.81. The van der Waals surface area contributed by atoms with Crippen LogP contribution in [0.15, 0.2) is 52.0 Å². The fraction of sp³-hybridized carbons (Fsp3) is 0.190. The number of rotatable bonds is 7. The van der Waals surface area contributed by atoms with Gasteiger partial charge in [0.15, 0.2) is 5.92 Å². The Bertz CT molecular complexity index is 1340. The van der Waals surface area contributed by atoms with Crippen LogP contribution in [0.1, 0.15) is 12.8 Å². The lowest BCUT2D eigenvalue weighted by Crippen LogP contribution is -2.35. The number of aryl methyl sites for hydroxylation is 1. The van der Waals surface area contributed by atoms with Gasteiger partial charge in [-0.25, -0.2) is 0 Å². The van der Waals surface area contributed by atoms with Crippen molar-refractivity contribution in [1.29, 1.82) is 0 Å². The highest BCUT2D eigenvalue weighted by Gasteiger charge is 2.41. The van der Waals surface area contributed by atoms with Gasteiger partial charge >= 0.3 is 12.6 Å². The average Bonchev–Trinajstić information content (AvgIpc) is 3.36. The zero-order chi connectivity index (χ0) is 25.3. The van der Waals surface area contributed by atoms with Gasteiger partial charge in [-0.05, 0) is 37.3 Å². The SMILES string of the molecule is CC1=NN(c2ccc(OC(F)F)c(-c3nnc(C)o3)c2)C(=O)C1C(=O)Oc1ccc([N+](=O)[O-])cc1. The van der Waals surface area contributed by atoms with Gasteiger partial charge in [-0.1, -0.05) is 0 Å². The lowest BCUT2D eigenvalue weighted by atomic mass is 10.0. The van der Waals surface area contributed by atoms with Gasteiger partial charge in [0.05, 0.1) is 21.9 Å². The molecule has 1 atom stereocenters. The van der Waals surface area contributed by atoms with E-state index in [2.05, 4.69) is 20.0 Å². The van der Waals surface area contributed by atoms with Crippen molar-refractivity contribution in [2.24, 2.45) is 11.0 Å².